The van der Waals surface area contributed by atoms with Gasteiger partial charge in [0, 0.05) is 26.2 Å². The van der Waals surface area contributed by atoms with Gasteiger partial charge in [-0.05, 0) is 55.3 Å². The molecular weight excluding hydrogens is 537 g/mol. The molecule has 2 saturated heterocycles. The van der Waals surface area contributed by atoms with Gasteiger partial charge in [-0.25, -0.2) is 8.78 Å². The first kappa shape index (κ1) is 28.4. The van der Waals surface area contributed by atoms with E-state index < -0.39 is 41.3 Å². The zero-order valence-corrected chi connectivity index (χ0v) is 22.0. The monoisotopic (exact) mass is 567 g/mol. The third kappa shape index (κ3) is 5.82. The third-order valence-electron chi connectivity index (χ3n) is 7.41. The van der Waals surface area contributed by atoms with Gasteiger partial charge < -0.3 is 19.1 Å². The lowest BCUT2D eigenvalue weighted by atomic mass is 9.87. The fraction of sp³-hybridized carbons (Fsp3) is 0.481. The average Bonchev–Trinajstić information content (AvgIpc) is 3.37. The zero-order chi connectivity index (χ0) is 28.5. The smallest absolute Gasteiger partial charge is 0.379 e. The number of H-pyrrole nitrogens is 1. The summed E-state index contributed by atoms with van der Waals surface area (Å²) in [5.41, 5.74) is -0.910. The maximum absolute atomic E-state index is 14.2. The molecule has 13 heteroatoms. The van der Waals surface area contributed by atoms with Gasteiger partial charge in [-0.3, -0.25) is 4.90 Å². The Kier molecular flexibility index (Phi) is 8.09. The molecule has 0 amide bonds. The number of morpholine rings is 2. The third-order valence-corrected chi connectivity index (χ3v) is 7.41. The minimum atomic E-state index is -4.72. The molecule has 0 spiro atoms. The number of nitrogens with zero attached hydrogens (tertiary/aromatic N) is 4. The summed E-state index contributed by atoms with van der Waals surface area (Å²) >= 11 is 0. The van der Waals surface area contributed by atoms with E-state index in [4.69, 9.17) is 14.2 Å². The number of benzene rings is 2. The quantitative estimate of drug-likeness (QED) is 0.412. The van der Waals surface area contributed by atoms with Gasteiger partial charge in [0.1, 0.15) is 22.9 Å². The molecule has 0 saturated carbocycles. The largest absolute Gasteiger partial charge is 0.416 e. The first-order chi connectivity index (χ1) is 19.1. The van der Waals surface area contributed by atoms with Gasteiger partial charge in [-0.1, -0.05) is 12.1 Å². The van der Waals surface area contributed by atoms with Crippen molar-refractivity contribution >= 4 is 5.82 Å². The van der Waals surface area contributed by atoms with E-state index in [1.807, 2.05) is 11.8 Å². The molecule has 0 bridgehead atoms. The summed E-state index contributed by atoms with van der Waals surface area (Å²) in [6.45, 7) is 7.15. The van der Waals surface area contributed by atoms with E-state index in [0.717, 1.165) is 25.2 Å². The van der Waals surface area contributed by atoms with Crippen molar-refractivity contribution in [2.24, 2.45) is 0 Å². The fourth-order valence-electron chi connectivity index (χ4n) is 5.16. The van der Waals surface area contributed by atoms with E-state index in [-0.39, 0.29) is 12.2 Å². The second-order valence-electron chi connectivity index (χ2n) is 10.0. The molecule has 2 aliphatic heterocycles. The summed E-state index contributed by atoms with van der Waals surface area (Å²) in [4.78, 5) is 4.14. The predicted octanol–water partition coefficient (Wildman–Crippen LogP) is 4.79. The van der Waals surface area contributed by atoms with E-state index in [1.54, 1.807) is 12.1 Å². The van der Waals surface area contributed by atoms with Crippen molar-refractivity contribution in [2.75, 3.05) is 44.4 Å². The van der Waals surface area contributed by atoms with Gasteiger partial charge in [-0.15, -0.1) is 5.10 Å². The number of aromatic nitrogens is 3. The molecule has 5 rings (SSSR count). The van der Waals surface area contributed by atoms with Crippen LogP contribution < -0.4 is 4.90 Å². The summed E-state index contributed by atoms with van der Waals surface area (Å²) in [6.07, 6.45) is -6.75. The summed E-state index contributed by atoms with van der Waals surface area (Å²) in [5.74, 6) is -0.911. The van der Waals surface area contributed by atoms with Crippen molar-refractivity contribution in [1.29, 1.82) is 0 Å². The average molecular weight is 568 g/mol. The van der Waals surface area contributed by atoms with Gasteiger partial charge in [0.2, 0.25) is 0 Å². The topological polar surface area (TPSA) is 75.7 Å². The molecule has 0 radical (unpaired) electrons. The first-order valence-electron chi connectivity index (χ1n) is 12.9. The molecule has 1 N–H and O–H groups in total. The Hall–Kier alpha value is -3.13. The number of ether oxygens (including phenoxy) is 3. The maximum Gasteiger partial charge on any atom is 0.416 e. The van der Waals surface area contributed by atoms with Crippen LogP contribution in [0.2, 0.25) is 0 Å². The minimum absolute atomic E-state index is 0.00365. The Morgan fingerprint density at radius 3 is 2.45 bits per heavy atom. The number of aromatic amines is 1. The summed E-state index contributed by atoms with van der Waals surface area (Å²) in [5, 5.41) is 11.5. The van der Waals surface area contributed by atoms with E-state index in [1.165, 1.54) is 19.1 Å². The number of hydrogen-bond donors (Lipinski definition) is 1. The van der Waals surface area contributed by atoms with Crippen molar-refractivity contribution in [3.05, 3.63) is 76.5 Å². The number of nitrogens with one attached hydrogen (secondary N) is 1. The normalized spacial score (nSPS) is 23.4. The van der Waals surface area contributed by atoms with E-state index in [9.17, 15) is 22.0 Å². The highest BCUT2D eigenvalue weighted by Gasteiger charge is 2.48. The number of anilines is 1. The highest BCUT2D eigenvalue weighted by Crippen LogP contribution is 2.42. The van der Waals surface area contributed by atoms with Crippen LogP contribution in [0.15, 0.2) is 42.5 Å². The summed E-state index contributed by atoms with van der Waals surface area (Å²) < 4.78 is 85.9. The second kappa shape index (κ2) is 11.4. The van der Waals surface area contributed by atoms with Crippen molar-refractivity contribution < 1.29 is 36.2 Å². The van der Waals surface area contributed by atoms with Crippen LogP contribution in [-0.2, 0) is 32.5 Å². The van der Waals surface area contributed by atoms with Crippen LogP contribution in [0.5, 0.6) is 0 Å². The van der Waals surface area contributed by atoms with Crippen LogP contribution in [0.25, 0.3) is 0 Å². The molecule has 0 aliphatic carbocycles. The SMILES string of the molecule is CC(O[C@H]1OCCN(c2n[nH]nc2CN2CCOCC2)[C@@]1(C)c1ccc(F)cc1)c1cc(F)cc(C(F)(F)F)c1. The van der Waals surface area contributed by atoms with Crippen molar-refractivity contribution in [3.63, 3.8) is 0 Å². The number of halogens is 5. The van der Waals surface area contributed by atoms with Crippen LogP contribution >= 0.6 is 0 Å². The van der Waals surface area contributed by atoms with Crippen molar-refractivity contribution in [3.8, 4) is 0 Å². The lowest BCUT2D eigenvalue weighted by molar-refractivity contribution is -0.216. The highest BCUT2D eigenvalue weighted by molar-refractivity contribution is 5.50. The number of rotatable bonds is 7. The summed E-state index contributed by atoms with van der Waals surface area (Å²) in [6, 6.07) is 8.14. The molecule has 40 heavy (non-hydrogen) atoms. The molecule has 216 valence electrons. The Morgan fingerprint density at radius 1 is 1.02 bits per heavy atom. The van der Waals surface area contributed by atoms with Crippen molar-refractivity contribution in [2.45, 2.75) is 44.5 Å². The van der Waals surface area contributed by atoms with Gasteiger partial charge in [0.05, 0.1) is 31.5 Å². The number of hydrogen-bond acceptors (Lipinski definition) is 7. The maximum atomic E-state index is 14.2. The van der Waals surface area contributed by atoms with Crippen LogP contribution in [-0.4, -0.2) is 66.1 Å². The first-order valence-corrected chi connectivity index (χ1v) is 12.9. The van der Waals surface area contributed by atoms with E-state index >= 15 is 0 Å². The van der Waals surface area contributed by atoms with Gasteiger partial charge in [0.25, 0.3) is 0 Å². The fourth-order valence-corrected chi connectivity index (χ4v) is 5.16. The van der Waals surface area contributed by atoms with Crippen LogP contribution in [0.3, 0.4) is 0 Å². The van der Waals surface area contributed by atoms with Gasteiger partial charge in [0.15, 0.2) is 12.1 Å². The van der Waals surface area contributed by atoms with E-state index in [2.05, 4.69) is 20.3 Å². The Bertz CT molecular complexity index is 1300. The molecule has 3 aromatic rings. The molecule has 2 aliphatic rings. The van der Waals surface area contributed by atoms with E-state index in [0.29, 0.717) is 49.4 Å². The highest BCUT2D eigenvalue weighted by atomic mass is 19.4. The standard InChI is InChI=1S/C27H30F5N5O3/c1-17(18-13-20(27(30,31)32)15-22(29)14-18)40-25-26(2,19-3-5-21(28)6-4-19)37(9-12-39-25)24-23(33-35-34-24)16-36-7-10-38-11-8-36/h3-6,13-15,17,25H,7-12,16H2,1-2H3,(H,33,34,35)/t17?,25-,26+/m1/s1. The molecule has 1 unspecified atom stereocenters. The molecule has 1 aromatic heterocycles. The number of alkyl halides is 3. The second-order valence-corrected chi connectivity index (χ2v) is 10.0. The lowest BCUT2D eigenvalue weighted by Gasteiger charge is -2.50. The Balaban J connectivity index is 1.49. The van der Waals surface area contributed by atoms with Gasteiger partial charge in [-0.2, -0.15) is 23.5 Å². The van der Waals surface area contributed by atoms with Crippen LogP contribution in [0.4, 0.5) is 27.8 Å². The summed E-state index contributed by atoms with van der Waals surface area (Å²) in [7, 11) is 0. The lowest BCUT2D eigenvalue weighted by Crippen LogP contribution is -2.60. The predicted molar refractivity (Wildman–Crippen MR) is 134 cm³/mol. The molecular formula is C27H30F5N5O3. The molecule has 8 nitrogen and oxygen atoms in total. The molecule has 3 atom stereocenters. The van der Waals surface area contributed by atoms with Crippen LogP contribution in [0.1, 0.15) is 42.3 Å². The minimum Gasteiger partial charge on any atom is -0.379 e. The molecule has 2 fully saturated rings. The zero-order valence-electron chi connectivity index (χ0n) is 22.0. The molecule has 3 heterocycles. The van der Waals surface area contributed by atoms with Crippen LogP contribution in [0, 0.1) is 11.6 Å². The Labute approximate surface area is 228 Å². The van der Waals surface area contributed by atoms with Crippen molar-refractivity contribution in [1.82, 2.24) is 20.3 Å². The van der Waals surface area contributed by atoms with Gasteiger partial charge >= 0.3 is 6.18 Å². The molecule has 2 aromatic carbocycles. The Morgan fingerprint density at radius 2 is 1.75 bits per heavy atom.